The molecule has 1 aromatic rings. The van der Waals surface area contributed by atoms with Crippen molar-refractivity contribution in [1.82, 2.24) is 0 Å². The van der Waals surface area contributed by atoms with Crippen LogP contribution >= 0.6 is 11.6 Å². The van der Waals surface area contributed by atoms with E-state index < -0.39 is 5.60 Å². The van der Waals surface area contributed by atoms with Gasteiger partial charge in [0.25, 0.3) is 0 Å². The van der Waals surface area contributed by atoms with Gasteiger partial charge in [-0.25, -0.2) is 0 Å². The smallest absolute Gasteiger partial charge is 0.0854 e. The minimum absolute atomic E-state index is 0.611. The van der Waals surface area contributed by atoms with Crippen LogP contribution in [-0.2, 0) is 5.60 Å². The van der Waals surface area contributed by atoms with Crippen LogP contribution in [-0.4, -0.2) is 5.11 Å². The van der Waals surface area contributed by atoms with Crippen molar-refractivity contribution in [3.63, 3.8) is 0 Å². The third-order valence-electron chi connectivity index (χ3n) is 1.53. The average Bonchev–Trinajstić information content (AvgIpc) is 1.86. The van der Waals surface area contributed by atoms with Crippen molar-refractivity contribution in [1.29, 1.82) is 0 Å². The summed E-state index contributed by atoms with van der Waals surface area (Å²) in [7, 11) is 0. The lowest BCUT2D eigenvalue weighted by atomic mass is 9.99. The highest BCUT2D eigenvalue weighted by molar-refractivity contribution is 6.31. The molecule has 0 spiro atoms. The van der Waals surface area contributed by atoms with E-state index in [-0.39, 0.29) is 0 Å². The lowest BCUT2D eigenvalue weighted by Gasteiger charge is -2.18. The molecule has 0 amide bonds. The predicted octanol–water partition coefficient (Wildman–Crippen LogP) is 2.57. The van der Waals surface area contributed by atoms with E-state index in [4.69, 9.17) is 11.6 Å². The van der Waals surface area contributed by atoms with Crippen molar-refractivity contribution in [3.8, 4) is 0 Å². The largest absolute Gasteiger partial charge is 0.386 e. The standard InChI is InChI=1S/C9H11ClO/c1-9(2,11)7-5-3-4-6-8(7)10/h3-6,11H,1-2H3. The molecule has 0 saturated heterocycles. The van der Waals surface area contributed by atoms with Crippen molar-refractivity contribution in [2.75, 3.05) is 0 Å². The van der Waals surface area contributed by atoms with Crippen LogP contribution in [0, 0.1) is 0 Å². The minimum atomic E-state index is -0.849. The molecule has 1 aromatic carbocycles. The summed E-state index contributed by atoms with van der Waals surface area (Å²) in [5, 5.41) is 10.2. The van der Waals surface area contributed by atoms with Crippen LogP contribution in [0.5, 0.6) is 0 Å². The van der Waals surface area contributed by atoms with Crippen LogP contribution in [0.2, 0.25) is 5.02 Å². The van der Waals surface area contributed by atoms with Crippen LogP contribution in [0.4, 0.5) is 0 Å². The zero-order valence-electron chi connectivity index (χ0n) is 6.63. The van der Waals surface area contributed by atoms with Crippen molar-refractivity contribution in [2.45, 2.75) is 19.4 Å². The van der Waals surface area contributed by atoms with Crippen LogP contribution in [0.25, 0.3) is 0 Å². The maximum Gasteiger partial charge on any atom is 0.0854 e. The fourth-order valence-electron chi connectivity index (χ4n) is 0.957. The summed E-state index contributed by atoms with van der Waals surface area (Å²) in [6.07, 6.45) is 0. The Morgan fingerprint density at radius 2 is 1.82 bits per heavy atom. The molecule has 0 aromatic heterocycles. The van der Waals surface area contributed by atoms with Crippen molar-refractivity contribution < 1.29 is 5.11 Å². The van der Waals surface area contributed by atoms with E-state index in [0.717, 1.165) is 5.56 Å². The van der Waals surface area contributed by atoms with Gasteiger partial charge in [0.1, 0.15) is 0 Å². The zero-order chi connectivity index (χ0) is 8.48. The second kappa shape index (κ2) is 2.84. The molecule has 0 saturated carbocycles. The Bertz CT molecular complexity index is 250. The monoisotopic (exact) mass is 170 g/mol. The quantitative estimate of drug-likeness (QED) is 0.687. The van der Waals surface area contributed by atoms with E-state index in [0.29, 0.717) is 5.02 Å². The molecule has 2 heteroatoms. The molecular weight excluding hydrogens is 160 g/mol. The van der Waals surface area contributed by atoms with Gasteiger partial charge < -0.3 is 5.11 Å². The molecular formula is C9H11ClO. The second-order valence-corrected chi connectivity index (χ2v) is 3.45. The zero-order valence-corrected chi connectivity index (χ0v) is 7.39. The summed E-state index contributed by atoms with van der Waals surface area (Å²) in [4.78, 5) is 0. The third kappa shape index (κ3) is 1.95. The van der Waals surface area contributed by atoms with Gasteiger partial charge in [-0.2, -0.15) is 0 Å². The molecule has 0 aliphatic rings. The summed E-state index contributed by atoms with van der Waals surface area (Å²) in [6, 6.07) is 7.30. The first-order valence-electron chi connectivity index (χ1n) is 3.49. The molecule has 1 nitrogen and oxygen atoms in total. The van der Waals surface area contributed by atoms with E-state index in [9.17, 15) is 5.11 Å². The molecule has 60 valence electrons. The Morgan fingerprint density at radius 1 is 1.27 bits per heavy atom. The second-order valence-electron chi connectivity index (χ2n) is 3.04. The molecule has 0 fully saturated rings. The number of benzene rings is 1. The SMILES string of the molecule is CC(C)(O)c1ccccc1Cl. The van der Waals surface area contributed by atoms with E-state index in [2.05, 4.69) is 0 Å². The van der Waals surface area contributed by atoms with E-state index in [1.807, 2.05) is 18.2 Å². The minimum Gasteiger partial charge on any atom is -0.386 e. The number of hydrogen-bond acceptors (Lipinski definition) is 1. The van der Waals surface area contributed by atoms with Gasteiger partial charge in [-0.15, -0.1) is 0 Å². The average molecular weight is 171 g/mol. The molecule has 0 bridgehead atoms. The molecule has 0 heterocycles. The van der Waals surface area contributed by atoms with Gasteiger partial charge >= 0.3 is 0 Å². The summed E-state index contributed by atoms with van der Waals surface area (Å²) >= 11 is 5.85. The Hall–Kier alpha value is -0.530. The molecule has 1 rings (SSSR count). The topological polar surface area (TPSA) is 20.2 Å². The molecule has 0 radical (unpaired) electrons. The number of aliphatic hydroxyl groups is 1. The fourth-order valence-corrected chi connectivity index (χ4v) is 1.32. The maximum atomic E-state index is 9.59. The van der Waals surface area contributed by atoms with Gasteiger partial charge in [-0.1, -0.05) is 29.8 Å². The first-order chi connectivity index (χ1) is 5.02. The highest BCUT2D eigenvalue weighted by Gasteiger charge is 2.17. The normalized spacial score (nSPS) is 11.6. The Labute approximate surface area is 71.6 Å². The van der Waals surface area contributed by atoms with Crippen LogP contribution < -0.4 is 0 Å². The first kappa shape index (κ1) is 8.57. The molecule has 0 unspecified atom stereocenters. The van der Waals surface area contributed by atoms with Gasteiger partial charge in [0.05, 0.1) is 5.60 Å². The van der Waals surface area contributed by atoms with Crippen molar-refractivity contribution >= 4 is 11.6 Å². The Balaban J connectivity index is 3.14. The fraction of sp³-hybridized carbons (Fsp3) is 0.333. The molecule has 0 aliphatic heterocycles. The van der Waals surface area contributed by atoms with E-state index >= 15 is 0 Å². The van der Waals surface area contributed by atoms with Crippen LogP contribution in [0.3, 0.4) is 0 Å². The Morgan fingerprint density at radius 3 is 2.18 bits per heavy atom. The molecule has 0 atom stereocenters. The van der Waals surface area contributed by atoms with Crippen molar-refractivity contribution in [3.05, 3.63) is 34.9 Å². The number of rotatable bonds is 1. The Kier molecular flexibility index (Phi) is 2.21. The summed E-state index contributed by atoms with van der Waals surface area (Å²) < 4.78 is 0. The lowest BCUT2D eigenvalue weighted by Crippen LogP contribution is -2.15. The predicted molar refractivity (Wildman–Crippen MR) is 46.7 cm³/mol. The van der Waals surface area contributed by atoms with Gasteiger partial charge in [-0.05, 0) is 19.9 Å². The van der Waals surface area contributed by atoms with E-state index in [1.54, 1.807) is 19.9 Å². The maximum absolute atomic E-state index is 9.59. The van der Waals surface area contributed by atoms with E-state index in [1.165, 1.54) is 0 Å². The number of hydrogen-bond donors (Lipinski definition) is 1. The van der Waals surface area contributed by atoms with Crippen LogP contribution in [0.1, 0.15) is 19.4 Å². The highest BCUT2D eigenvalue weighted by Crippen LogP contribution is 2.26. The van der Waals surface area contributed by atoms with Gasteiger partial charge in [0.2, 0.25) is 0 Å². The molecule has 11 heavy (non-hydrogen) atoms. The van der Waals surface area contributed by atoms with Gasteiger partial charge in [0.15, 0.2) is 0 Å². The van der Waals surface area contributed by atoms with Gasteiger partial charge in [0, 0.05) is 10.6 Å². The number of halogens is 1. The highest BCUT2D eigenvalue weighted by atomic mass is 35.5. The first-order valence-corrected chi connectivity index (χ1v) is 3.87. The third-order valence-corrected chi connectivity index (χ3v) is 1.86. The summed E-state index contributed by atoms with van der Waals surface area (Å²) in [6.45, 7) is 3.43. The molecule has 0 aliphatic carbocycles. The molecule has 1 N–H and O–H groups in total. The van der Waals surface area contributed by atoms with Gasteiger partial charge in [-0.3, -0.25) is 0 Å². The van der Waals surface area contributed by atoms with Crippen LogP contribution in [0.15, 0.2) is 24.3 Å². The summed E-state index contributed by atoms with van der Waals surface area (Å²) in [5.41, 5.74) is -0.0834. The van der Waals surface area contributed by atoms with Crippen molar-refractivity contribution in [2.24, 2.45) is 0 Å². The lowest BCUT2D eigenvalue weighted by molar-refractivity contribution is 0.0787. The summed E-state index contributed by atoms with van der Waals surface area (Å²) in [5.74, 6) is 0.